The molecule has 0 saturated carbocycles. The van der Waals surface area contributed by atoms with Crippen LogP contribution < -0.4 is 5.32 Å². The Labute approximate surface area is 127 Å². The van der Waals surface area contributed by atoms with E-state index >= 15 is 0 Å². The van der Waals surface area contributed by atoms with E-state index in [1.807, 2.05) is 0 Å². The summed E-state index contributed by atoms with van der Waals surface area (Å²) in [5.41, 5.74) is 1.41. The highest BCUT2D eigenvalue weighted by Gasteiger charge is 2.10. The quantitative estimate of drug-likeness (QED) is 0.756. The zero-order chi connectivity index (χ0) is 15.4. The number of nitrogens with zero attached hydrogens (tertiary/aromatic N) is 2. The van der Waals surface area contributed by atoms with E-state index in [1.165, 1.54) is 44.7 Å². The van der Waals surface area contributed by atoms with Gasteiger partial charge in [0.1, 0.15) is 0 Å². The fourth-order valence-corrected chi connectivity index (χ4v) is 2.37. The molecule has 0 unspecified atom stereocenters. The number of nitrogens with one attached hydrogen (secondary N) is 1. The van der Waals surface area contributed by atoms with E-state index in [1.54, 1.807) is 0 Å². The second kappa shape index (κ2) is 12.4. The summed E-state index contributed by atoms with van der Waals surface area (Å²) < 4.78 is 0. The van der Waals surface area contributed by atoms with Crippen molar-refractivity contribution >= 4 is 0 Å². The summed E-state index contributed by atoms with van der Waals surface area (Å²) in [6.45, 7) is 19.3. The molecule has 0 amide bonds. The van der Waals surface area contributed by atoms with E-state index in [2.05, 4.69) is 62.9 Å². The van der Waals surface area contributed by atoms with Gasteiger partial charge in [0.25, 0.3) is 0 Å². The lowest BCUT2D eigenvalue weighted by molar-refractivity contribution is 0.197. The molecule has 20 heavy (non-hydrogen) atoms. The summed E-state index contributed by atoms with van der Waals surface area (Å²) >= 11 is 0. The van der Waals surface area contributed by atoms with Crippen molar-refractivity contribution in [1.82, 2.24) is 15.1 Å². The molecule has 1 heterocycles. The molecule has 0 aromatic heterocycles. The Morgan fingerprint density at radius 2 is 1.85 bits per heavy atom. The third kappa shape index (κ3) is 12.6. The van der Waals surface area contributed by atoms with E-state index in [9.17, 15) is 0 Å². The van der Waals surface area contributed by atoms with E-state index in [4.69, 9.17) is 0 Å². The predicted molar refractivity (Wildman–Crippen MR) is 91.4 cm³/mol. The standard InChI is InChI=1S/C11H25N3.C6H12/c1-11(2)10-13(3)8-9-14-6-4-12-5-7-14;1-4-5-6(2)3/h11-12H,4-10H2,1-3H3;5H,4H2,1-3H3. The minimum absolute atomic E-state index is 0.781. The Balaban J connectivity index is 0.000000511. The number of allylic oxidation sites excluding steroid dienone is 2. The van der Waals surface area contributed by atoms with Gasteiger partial charge < -0.3 is 10.2 Å². The highest BCUT2D eigenvalue weighted by atomic mass is 15.2. The Morgan fingerprint density at radius 1 is 1.25 bits per heavy atom. The number of hydrogen-bond acceptors (Lipinski definition) is 3. The Morgan fingerprint density at radius 3 is 2.25 bits per heavy atom. The van der Waals surface area contributed by atoms with Crippen LogP contribution in [0, 0.1) is 5.92 Å². The third-order valence-electron chi connectivity index (χ3n) is 3.30. The molecule has 0 aromatic rings. The van der Waals surface area contributed by atoms with Crippen molar-refractivity contribution in [2.45, 2.75) is 41.0 Å². The van der Waals surface area contributed by atoms with Gasteiger partial charge in [0, 0.05) is 45.8 Å². The van der Waals surface area contributed by atoms with E-state index in [0.717, 1.165) is 19.0 Å². The van der Waals surface area contributed by atoms with Crippen LogP contribution >= 0.6 is 0 Å². The molecule has 1 aliphatic rings. The molecule has 3 heteroatoms. The highest BCUT2D eigenvalue weighted by molar-refractivity contribution is 4.91. The molecule has 1 saturated heterocycles. The van der Waals surface area contributed by atoms with Crippen LogP contribution in [0.25, 0.3) is 0 Å². The van der Waals surface area contributed by atoms with Gasteiger partial charge in [-0.15, -0.1) is 0 Å². The van der Waals surface area contributed by atoms with Gasteiger partial charge in [-0.1, -0.05) is 32.4 Å². The molecule has 3 nitrogen and oxygen atoms in total. The maximum absolute atomic E-state index is 3.38. The largest absolute Gasteiger partial charge is 0.314 e. The monoisotopic (exact) mass is 283 g/mol. The fourth-order valence-electron chi connectivity index (χ4n) is 2.37. The molecule has 0 spiro atoms. The first kappa shape index (κ1) is 19.6. The lowest BCUT2D eigenvalue weighted by atomic mass is 10.2. The summed E-state index contributed by atoms with van der Waals surface area (Å²) in [6, 6.07) is 0. The van der Waals surface area contributed by atoms with Crippen LogP contribution in [0.5, 0.6) is 0 Å². The van der Waals surface area contributed by atoms with Gasteiger partial charge in [0.2, 0.25) is 0 Å². The zero-order valence-electron chi connectivity index (χ0n) is 14.7. The van der Waals surface area contributed by atoms with Crippen LogP contribution in [0.4, 0.5) is 0 Å². The van der Waals surface area contributed by atoms with Crippen molar-refractivity contribution in [2.24, 2.45) is 5.92 Å². The Bertz CT molecular complexity index is 239. The van der Waals surface area contributed by atoms with Gasteiger partial charge in [-0.05, 0) is 33.2 Å². The van der Waals surface area contributed by atoms with Gasteiger partial charge >= 0.3 is 0 Å². The van der Waals surface area contributed by atoms with Gasteiger partial charge in [-0.25, -0.2) is 0 Å². The normalized spacial score (nSPS) is 16.0. The maximum atomic E-state index is 3.38. The van der Waals surface area contributed by atoms with Crippen LogP contribution in [0.1, 0.15) is 41.0 Å². The fraction of sp³-hybridized carbons (Fsp3) is 0.882. The highest BCUT2D eigenvalue weighted by Crippen LogP contribution is 1.97. The van der Waals surface area contributed by atoms with Crippen molar-refractivity contribution in [3.63, 3.8) is 0 Å². The minimum atomic E-state index is 0.781. The van der Waals surface area contributed by atoms with Crippen molar-refractivity contribution < 1.29 is 0 Å². The molecule has 0 radical (unpaired) electrons. The van der Waals surface area contributed by atoms with Gasteiger partial charge in [-0.2, -0.15) is 0 Å². The SMILES string of the molecule is CC(C)CN(C)CCN1CCNCC1.CCC=C(C)C. The number of hydrogen-bond donors (Lipinski definition) is 1. The van der Waals surface area contributed by atoms with Crippen LogP contribution in [0.2, 0.25) is 0 Å². The van der Waals surface area contributed by atoms with Gasteiger partial charge in [0.05, 0.1) is 0 Å². The molecule has 0 aliphatic carbocycles. The molecule has 1 N–H and O–H groups in total. The van der Waals surface area contributed by atoms with Crippen LogP contribution in [0.3, 0.4) is 0 Å². The maximum Gasteiger partial charge on any atom is 0.0110 e. The molecule has 0 bridgehead atoms. The van der Waals surface area contributed by atoms with Crippen LogP contribution in [0.15, 0.2) is 11.6 Å². The molecule has 1 fully saturated rings. The molecule has 1 aliphatic heterocycles. The first-order valence-corrected chi connectivity index (χ1v) is 8.20. The third-order valence-corrected chi connectivity index (χ3v) is 3.30. The lowest BCUT2D eigenvalue weighted by Gasteiger charge is -2.29. The van der Waals surface area contributed by atoms with E-state index in [-0.39, 0.29) is 0 Å². The zero-order valence-corrected chi connectivity index (χ0v) is 14.7. The first-order valence-electron chi connectivity index (χ1n) is 8.20. The molecule has 0 aromatic carbocycles. The molecule has 1 rings (SSSR count). The van der Waals surface area contributed by atoms with Crippen molar-refractivity contribution in [1.29, 1.82) is 0 Å². The summed E-state index contributed by atoms with van der Waals surface area (Å²) in [5, 5.41) is 3.38. The molecular formula is C17H37N3. The number of piperazine rings is 1. The predicted octanol–water partition coefficient (Wildman–Crippen LogP) is 2.84. The second-order valence-electron chi connectivity index (χ2n) is 6.44. The summed E-state index contributed by atoms with van der Waals surface area (Å²) in [4.78, 5) is 4.99. The molecule has 0 atom stereocenters. The summed E-state index contributed by atoms with van der Waals surface area (Å²) in [6.07, 6.45) is 3.38. The summed E-state index contributed by atoms with van der Waals surface area (Å²) in [5.74, 6) is 0.781. The Hall–Kier alpha value is -0.380. The van der Waals surface area contributed by atoms with Gasteiger partial charge in [0.15, 0.2) is 0 Å². The minimum Gasteiger partial charge on any atom is -0.314 e. The number of likely N-dealkylation sites (N-methyl/N-ethyl adjacent to an activating group) is 1. The smallest absolute Gasteiger partial charge is 0.0110 e. The van der Waals surface area contributed by atoms with Crippen molar-refractivity contribution in [3.05, 3.63) is 11.6 Å². The lowest BCUT2D eigenvalue weighted by Crippen LogP contribution is -2.46. The van der Waals surface area contributed by atoms with Gasteiger partial charge in [-0.3, -0.25) is 4.90 Å². The van der Waals surface area contributed by atoms with Crippen molar-refractivity contribution in [3.8, 4) is 0 Å². The van der Waals surface area contributed by atoms with E-state index in [0.29, 0.717) is 0 Å². The Kier molecular flexibility index (Phi) is 12.1. The number of rotatable bonds is 6. The average molecular weight is 284 g/mol. The van der Waals surface area contributed by atoms with Crippen LogP contribution in [-0.2, 0) is 0 Å². The topological polar surface area (TPSA) is 18.5 Å². The van der Waals surface area contributed by atoms with E-state index < -0.39 is 0 Å². The van der Waals surface area contributed by atoms with Crippen molar-refractivity contribution in [2.75, 3.05) is 52.9 Å². The van der Waals surface area contributed by atoms with Crippen LogP contribution in [-0.4, -0.2) is 62.7 Å². The molecule has 120 valence electrons. The molecular weight excluding hydrogens is 246 g/mol. The first-order chi connectivity index (χ1) is 9.45. The second-order valence-corrected chi connectivity index (χ2v) is 6.44. The average Bonchev–Trinajstić information content (AvgIpc) is 2.37. The summed E-state index contributed by atoms with van der Waals surface area (Å²) in [7, 11) is 2.22.